The van der Waals surface area contributed by atoms with Gasteiger partial charge in [-0.3, -0.25) is 13.9 Å². The highest BCUT2D eigenvalue weighted by Crippen LogP contribution is 2.34. The number of imidazole rings is 2. The average molecular weight is 711 g/mol. The zero-order valence-corrected chi connectivity index (χ0v) is 30.5. The van der Waals surface area contributed by atoms with Crippen LogP contribution in [0.4, 0.5) is 0 Å². The first-order chi connectivity index (χ1) is 26.5. The fraction of sp³-hybridized carbons (Fsp3) is 0.170. The number of aliphatic hydroxyl groups excluding tert-OH is 2. The number of hydrogen-bond donors (Lipinski definition) is 2. The summed E-state index contributed by atoms with van der Waals surface area (Å²) in [4.78, 5) is 24.7. The summed E-state index contributed by atoms with van der Waals surface area (Å²) in [5, 5.41) is 18.7. The van der Waals surface area contributed by atoms with Crippen LogP contribution in [0.15, 0.2) is 133 Å². The minimum absolute atomic E-state index is 0.0492. The Morgan fingerprint density at radius 3 is 1.33 bits per heavy atom. The van der Waals surface area contributed by atoms with Crippen molar-refractivity contribution in [3.8, 4) is 33.6 Å². The average Bonchev–Trinajstić information content (AvgIpc) is 3.79. The Kier molecular flexibility index (Phi) is 9.74. The number of hydrogen-bond acceptors (Lipinski definition) is 5. The van der Waals surface area contributed by atoms with Gasteiger partial charge in [-0.2, -0.15) is 0 Å². The summed E-state index contributed by atoms with van der Waals surface area (Å²) in [5.41, 5.74) is 12.8. The number of nitrogens with zero attached hydrogens (tertiary/aromatic N) is 4. The van der Waals surface area contributed by atoms with Gasteiger partial charge in [-0.15, -0.1) is 0 Å². The highest BCUT2D eigenvalue weighted by atomic mass is 16.3. The van der Waals surface area contributed by atoms with E-state index in [-0.39, 0.29) is 19.0 Å². The number of rotatable bonds is 12. The molecule has 0 fully saturated rings. The summed E-state index contributed by atoms with van der Waals surface area (Å²) in [6.45, 7) is 4.46. The highest BCUT2D eigenvalue weighted by molar-refractivity contribution is 6.16. The molecule has 7 heteroatoms. The van der Waals surface area contributed by atoms with Crippen LogP contribution in [-0.4, -0.2) is 48.3 Å². The lowest BCUT2D eigenvalue weighted by atomic mass is 9.90. The normalized spacial score (nSPS) is 11.5. The Bertz CT molecular complexity index is 2440. The van der Waals surface area contributed by atoms with E-state index in [1.807, 2.05) is 48.5 Å². The van der Waals surface area contributed by atoms with Crippen molar-refractivity contribution in [1.82, 2.24) is 19.1 Å². The molecule has 6 aromatic carbocycles. The number of benzene rings is 6. The van der Waals surface area contributed by atoms with Crippen LogP contribution in [0.3, 0.4) is 0 Å². The Labute approximate surface area is 314 Å². The fourth-order valence-electron chi connectivity index (χ4n) is 7.54. The molecule has 2 N–H and O–H groups in total. The van der Waals surface area contributed by atoms with Crippen molar-refractivity contribution >= 4 is 27.9 Å². The maximum Gasteiger partial charge on any atom is 0.194 e. The molecule has 0 aliphatic heterocycles. The standard InChI is InChI=1S/C47H42N4O3/c1-3-45-48-41-29-33(17-23-43(41)50(45)35-19-13-31(14-20-35)25-27-52)37-9-5-7-11-39(37)47(54)40-12-8-6-10-38(40)34-18-24-44-42(30-34)49-46(4-2)51(44)36-21-15-32(16-22-36)26-28-53/h5-24,29-30,52-53H,3-4,25-28H2,1-2H3. The molecule has 0 amide bonds. The lowest BCUT2D eigenvalue weighted by molar-refractivity contribution is 0.104. The van der Waals surface area contributed by atoms with E-state index in [9.17, 15) is 15.0 Å². The molecule has 8 aromatic rings. The third kappa shape index (κ3) is 6.42. The molecule has 2 aromatic heterocycles. The van der Waals surface area contributed by atoms with Gasteiger partial charge in [0.15, 0.2) is 5.78 Å². The van der Waals surface area contributed by atoms with Crippen molar-refractivity contribution in [3.63, 3.8) is 0 Å². The van der Waals surface area contributed by atoms with Crippen molar-refractivity contribution < 1.29 is 15.0 Å². The maximum atomic E-state index is 14.6. The van der Waals surface area contributed by atoms with E-state index >= 15 is 0 Å². The molecule has 0 bridgehead atoms. The van der Waals surface area contributed by atoms with E-state index < -0.39 is 0 Å². The molecule has 2 heterocycles. The Hall–Kier alpha value is -6.15. The van der Waals surface area contributed by atoms with Gasteiger partial charge in [0.2, 0.25) is 0 Å². The Balaban J connectivity index is 1.15. The first-order valence-corrected chi connectivity index (χ1v) is 18.7. The van der Waals surface area contributed by atoms with Gasteiger partial charge in [0.25, 0.3) is 0 Å². The molecular weight excluding hydrogens is 669 g/mol. The van der Waals surface area contributed by atoms with Crippen molar-refractivity contribution in [2.24, 2.45) is 0 Å². The van der Waals surface area contributed by atoms with Crippen LogP contribution in [0.1, 0.15) is 52.5 Å². The minimum Gasteiger partial charge on any atom is -0.396 e. The number of aryl methyl sites for hydroxylation is 2. The van der Waals surface area contributed by atoms with E-state index in [1.54, 1.807) is 0 Å². The molecule has 268 valence electrons. The molecule has 0 spiro atoms. The van der Waals surface area contributed by atoms with Gasteiger partial charge in [-0.25, -0.2) is 9.97 Å². The summed E-state index contributed by atoms with van der Waals surface area (Å²) in [7, 11) is 0. The van der Waals surface area contributed by atoms with E-state index in [2.05, 4.69) is 108 Å². The van der Waals surface area contributed by atoms with Crippen LogP contribution >= 0.6 is 0 Å². The summed E-state index contributed by atoms with van der Waals surface area (Å²) in [6.07, 6.45) is 2.78. The third-order valence-electron chi connectivity index (χ3n) is 10.2. The lowest BCUT2D eigenvalue weighted by Gasteiger charge is -2.13. The monoisotopic (exact) mass is 710 g/mol. The molecule has 0 aliphatic carbocycles. The molecular formula is C47H42N4O3. The second-order valence-electron chi connectivity index (χ2n) is 13.5. The lowest BCUT2D eigenvalue weighted by Crippen LogP contribution is -2.05. The number of fused-ring (bicyclic) bond motifs is 2. The smallest absolute Gasteiger partial charge is 0.194 e. The zero-order chi connectivity index (χ0) is 37.2. The minimum atomic E-state index is -0.0492. The van der Waals surface area contributed by atoms with Gasteiger partial charge in [-0.1, -0.05) is 98.8 Å². The van der Waals surface area contributed by atoms with Gasteiger partial charge >= 0.3 is 0 Å². The summed E-state index contributed by atoms with van der Waals surface area (Å²) in [5.74, 6) is 1.87. The molecule has 0 aliphatic rings. The van der Waals surface area contributed by atoms with Crippen molar-refractivity contribution in [2.75, 3.05) is 13.2 Å². The van der Waals surface area contributed by atoms with E-state index in [0.29, 0.717) is 24.0 Å². The van der Waals surface area contributed by atoms with E-state index in [1.165, 1.54) is 0 Å². The highest BCUT2D eigenvalue weighted by Gasteiger charge is 2.21. The quantitative estimate of drug-likeness (QED) is 0.123. The van der Waals surface area contributed by atoms with Crippen LogP contribution in [0.2, 0.25) is 0 Å². The maximum absolute atomic E-state index is 14.6. The van der Waals surface area contributed by atoms with Crippen LogP contribution < -0.4 is 0 Å². The van der Waals surface area contributed by atoms with E-state index in [4.69, 9.17) is 9.97 Å². The summed E-state index contributed by atoms with van der Waals surface area (Å²) >= 11 is 0. The molecule has 8 rings (SSSR count). The molecule has 7 nitrogen and oxygen atoms in total. The number of aliphatic hydroxyl groups is 2. The first-order valence-electron chi connectivity index (χ1n) is 18.7. The molecule has 0 saturated heterocycles. The predicted molar refractivity (Wildman–Crippen MR) is 217 cm³/mol. The Morgan fingerprint density at radius 1 is 0.537 bits per heavy atom. The summed E-state index contributed by atoms with van der Waals surface area (Å²) < 4.78 is 4.38. The van der Waals surface area contributed by atoms with Gasteiger partial charge in [0.05, 0.1) is 22.1 Å². The van der Waals surface area contributed by atoms with Crippen molar-refractivity contribution in [1.29, 1.82) is 0 Å². The number of carbonyl (C=O) groups is 1. The topological polar surface area (TPSA) is 93.2 Å². The SMILES string of the molecule is CCc1nc2cc(-c3ccccc3C(=O)c3ccccc3-c3ccc4c(c3)nc(CC)n4-c3ccc(CCO)cc3)ccc2n1-c1ccc(CCO)cc1. The molecule has 0 atom stereocenters. The molecule has 0 unspecified atom stereocenters. The first kappa shape index (κ1) is 34.9. The van der Waals surface area contributed by atoms with Gasteiger partial charge in [-0.05, 0) is 94.8 Å². The largest absolute Gasteiger partial charge is 0.396 e. The van der Waals surface area contributed by atoms with Crippen molar-refractivity contribution in [3.05, 3.63) is 167 Å². The summed E-state index contributed by atoms with van der Waals surface area (Å²) in [6, 6.07) is 44.7. The van der Waals surface area contributed by atoms with Crippen LogP contribution in [-0.2, 0) is 25.7 Å². The fourth-order valence-corrected chi connectivity index (χ4v) is 7.54. The number of aromatic nitrogens is 4. The van der Waals surface area contributed by atoms with E-state index in [0.717, 1.165) is 91.3 Å². The van der Waals surface area contributed by atoms with Crippen molar-refractivity contribution in [2.45, 2.75) is 39.5 Å². The van der Waals surface area contributed by atoms with Gasteiger partial charge < -0.3 is 10.2 Å². The molecule has 0 saturated carbocycles. The predicted octanol–water partition coefficient (Wildman–Crippen LogP) is 9.12. The molecule has 0 radical (unpaired) electrons. The van der Waals surface area contributed by atoms with Crippen LogP contribution in [0.25, 0.3) is 55.7 Å². The van der Waals surface area contributed by atoms with Gasteiger partial charge in [0, 0.05) is 48.6 Å². The van der Waals surface area contributed by atoms with Crippen LogP contribution in [0.5, 0.6) is 0 Å². The number of carbonyl (C=O) groups excluding carboxylic acids is 1. The number of ketones is 1. The zero-order valence-electron chi connectivity index (χ0n) is 30.5. The second kappa shape index (κ2) is 15.1. The van der Waals surface area contributed by atoms with Crippen LogP contribution in [0, 0.1) is 0 Å². The van der Waals surface area contributed by atoms with Gasteiger partial charge in [0.1, 0.15) is 11.6 Å². The molecule has 54 heavy (non-hydrogen) atoms. The Morgan fingerprint density at radius 2 is 0.944 bits per heavy atom. The second-order valence-corrected chi connectivity index (χ2v) is 13.5. The third-order valence-corrected chi connectivity index (χ3v) is 10.2.